The van der Waals surface area contributed by atoms with Gasteiger partial charge < -0.3 is 14.7 Å². The summed E-state index contributed by atoms with van der Waals surface area (Å²) >= 11 is 0. The second-order valence-corrected chi connectivity index (χ2v) is 7.33. The molecule has 1 fully saturated rings. The van der Waals surface area contributed by atoms with E-state index in [1.807, 2.05) is 24.3 Å². The molecular formula is C22H23NO4. The summed E-state index contributed by atoms with van der Waals surface area (Å²) in [6.07, 6.45) is 1.11. The largest absolute Gasteiger partial charge is 0.481 e. The van der Waals surface area contributed by atoms with Gasteiger partial charge in [0, 0.05) is 18.5 Å². The first-order chi connectivity index (χ1) is 13.1. The van der Waals surface area contributed by atoms with Crippen molar-refractivity contribution in [2.75, 3.05) is 13.2 Å². The highest BCUT2D eigenvalue weighted by atomic mass is 16.6. The lowest BCUT2D eigenvalue weighted by atomic mass is 9.98. The van der Waals surface area contributed by atoms with Gasteiger partial charge in [0.15, 0.2) is 0 Å². The fraction of sp³-hybridized carbons (Fsp3) is 0.364. The lowest BCUT2D eigenvalue weighted by Gasteiger charge is -2.27. The molecule has 140 valence electrons. The third-order valence-electron chi connectivity index (χ3n) is 5.84. The standard InChI is InChI=1S/C22H23NO4/c1-14(21(24)25)20-11-6-12-23(20)22(26)27-13-19-17-9-4-2-7-15(17)16-8-3-5-10-18(16)19/h2-5,7-10,14,19-20H,6,11-13H2,1H3,(H,24,25). The van der Waals surface area contributed by atoms with Gasteiger partial charge in [-0.3, -0.25) is 4.79 Å². The molecule has 5 nitrogen and oxygen atoms in total. The van der Waals surface area contributed by atoms with E-state index < -0.39 is 18.0 Å². The molecule has 2 aromatic carbocycles. The van der Waals surface area contributed by atoms with Crippen molar-refractivity contribution in [2.45, 2.75) is 31.7 Å². The Kier molecular flexibility index (Phi) is 4.60. The zero-order chi connectivity index (χ0) is 19.0. The summed E-state index contributed by atoms with van der Waals surface area (Å²) in [7, 11) is 0. The van der Waals surface area contributed by atoms with Crippen LogP contribution in [0.1, 0.15) is 36.8 Å². The van der Waals surface area contributed by atoms with Crippen molar-refractivity contribution in [3.05, 3.63) is 59.7 Å². The molecule has 5 heteroatoms. The van der Waals surface area contributed by atoms with E-state index in [2.05, 4.69) is 24.3 Å². The molecule has 0 radical (unpaired) electrons. The number of benzene rings is 2. The van der Waals surface area contributed by atoms with E-state index in [0.29, 0.717) is 13.0 Å². The lowest BCUT2D eigenvalue weighted by molar-refractivity contribution is -0.142. The first-order valence-corrected chi connectivity index (χ1v) is 9.42. The smallest absolute Gasteiger partial charge is 0.410 e. The molecule has 0 aromatic heterocycles. The van der Waals surface area contributed by atoms with Crippen molar-refractivity contribution in [1.29, 1.82) is 0 Å². The average Bonchev–Trinajstić information content (AvgIpc) is 3.29. The van der Waals surface area contributed by atoms with Gasteiger partial charge in [-0.1, -0.05) is 48.5 Å². The van der Waals surface area contributed by atoms with Crippen molar-refractivity contribution in [2.24, 2.45) is 5.92 Å². The van der Waals surface area contributed by atoms with Gasteiger partial charge in [-0.05, 0) is 42.0 Å². The molecule has 1 N–H and O–H groups in total. The Morgan fingerprint density at radius 3 is 2.30 bits per heavy atom. The molecule has 1 saturated heterocycles. The fourth-order valence-corrected chi connectivity index (χ4v) is 4.38. The Hall–Kier alpha value is -2.82. The number of carboxylic acid groups (broad SMARTS) is 1. The van der Waals surface area contributed by atoms with Crippen LogP contribution in [0.5, 0.6) is 0 Å². The minimum Gasteiger partial charge on any atom is -0.481 e. The number of hydrogen-bond acceptors (Lipinski definition) is 3. The van der Waals surface area contributed by atoms with Crippen LogP contribution in [0.2, 0.25) is 0 Å². The van der Waals surface area contributed by atoms with Gasteiger partial charge in [0.25, 0.3) is 0 Å². The van der Waals surface area contributed by atoms with Crippen LogP contribution in [0.25, 0.3) is 11.1 Å². The summed E-state index contributed by atoms with van der Waals surface area (Å²) in [5, 5.41) is 9.28. The van der Waals surface area contributed by atoms with Crippen molar-refractivity contribution < 1.29 is 19.4 Å². The predicted molar refractivity (Wildman–Crippen MR) is 102 cm³/mol. The van der Waals surface area contributed by atoms with E-state index in [1.165, 1.54) is 22.3 Å². The average molecular weight is 365 g/mol. The summed E-state index contributed by atoms with van der Waals surface area (Å²) in [4.78, 5) is 25.6. The number of ether oxygens (including phenoxy) is 1. The van der Waals surface area contributed by atoms with E-state index >= 15 is 0 Å². The zero-order valence-corrected chi connectivity index (χ0v) is 15.3. The number of aliphatic carboxylic acids is 1. The second kappa shape index (κ2) is 7.06. The number of carbonyl (C=O) groups excluding carboxylic acids is 1. The van der Waals surface area contributed by atoms with Gasteiger partial charge in [-0.25, -0.2) is 4.79 Å². The maximum absolute atomic E-state index is 12.7. The zero-order valence-electron chi connectivity index (χ0n) is 15.3. The number of carbonyl (C=O) groups is 2. The van der Waals surface area contributed by atoms with Gasteiger partial charge in [0.2, 0.25) is 0 Å². The molecule has 2 atom stereocenters. The lowest BCUT2D eigenvalue weighted by Crippen LogP contribution is -2.42. The maximum atomic E-state index is 12.7. The fourth-order valence-electron chi connectivity index (χ4n) is 4.38. The molecule has 2 unspecified atom stereocenters. The summed E-state index contributed by atoms with van der Waals surface area (Å²) in [6.45, 7) is 2.47. The summed E-state index contributed by atoms with van der Waals surface area (Å²) in [5.74, 6) is -1.45. The minimum absolute atomic E-state index is 0.0132. The van der Waals surface area contributed by atoms with E-state index in [1.54, 1.807) is 11.8 Å². The molecule has 0 spiro atoms. The number of rotatable bonds is 4. The molecule has 1 heterocycles. The summed E-state index contributed by atoms with van der Waals surface area (Å²) in [5.41, 5.74) is 4.71. The van der Waals surface area contributed by atoms with Gasteiger partial charge in [-0.15, -0.1) is 0 Å². The molecule has 1 aliphatic carbocycles. The predicted octanol–water partition coefficient (Wildman–Crippen LogP) is 4.12. The molecule has 4 rings (SSSR count). The quantitative estimate of drug-likeness (QED) is 0.885. The topological polar surface area (TPSA) is 66.8 Å². The third kappa shape index (κ3) is 3.07. The molecule has 0 bridgehead atoms. The monoisotopic (exact) mass is 365 g/mol. The number of carboxylic acids is 1. The first-order valence-electron chi connectivity index (χ1n) is 9.42. The SMILES string of the molecule is CC(C(=O)O)C1CCCN1C(=O)OCC1c2ccccc2-c2ccccc21. The molecule has 2 aliphatic rings. The minimum atomic E-state index is -0.877. The number of nitrogens with zero attached hydrogens (tertiary/aromatic N) is 1. The van der Waals surface area contributed by atoms with Crippen LogP contribution < -0.4 is 0 Å². The summed E-state index contributed by atoms with van der Waals surface area (Å²) in [6, 6.07) is 16.1. The van der Waals surface area contributed by atoms with Crippen molar-refractivity contribution in [3.8, 4) is 11.1 Å². The van der Waals surface area contributed by atoms with Crippen LogP contribution >= 0.6 is 0 Å². The number of amides is 1. The molecule has 1 aliphatic heterocycles. The van der Waals surface area contributed by atoms with Gasteiger partial charge in [0.05, 0.1) is 5.92 Å². The van der Waals surface area contributed by atoms with Gasteiger partial charge in [0.1, 0.15) is 6.61 Å². The number of likely N-dealkylation sites (tertiary alicyclic amines) is 1. The van der Waals surface area contributed by atoms with E-state index in [0.717, 1.165) is 6.42 Å². The number of hydrogen-bond donors (Lipinski definition) is 1. The first kappa shape index (κ1) is 17.6. The summed E-state index contributed by atoms with van der Waals surface area (Å²) < 4.78 is 5.68. The highest BCUT2D eigenvalue weighted by molar-refractivity contribution is 5.79. The highest BCUT2D eigenvalue weighted by Gasteiger charge is 2.37. The van der Waals surface area contributed by atoms with Crippen LogP contribution in [0, 0.1) is 5.92 Å². The van der Waals surface area contributed by atoms with Crippen molar-refractivity contribution in [1.82, 2.24) is 4.90 Å². The van der Waals surface area contributed by atoms with Gasteiger partial charge >= 0.3 is 12.1 Å². The van der Waals surface area contributed by atoms with Crippen molar-refractivity contribution in [3.63, 3.8) is 0 Å². The van der Waals surface area contributed by atoms with Crippen LogP contribution in [-0.4, -0.2) is 41.3 Å². The Morgan fingerprint density at radius 2 is 1.70 bits per heavy atom. The van der Waals surface area contributed by atoms with Crippen molar-refractivity contribution >= 4 is 12.1 Å². The van der Waals surface area contributed by atoms with Gasteiger partial charge in [-0.2, -0.15) is 0 Å². The second-order valence-electron chi connectivity index (χ2n) is 7.33. The molecule has 2 aromatic rings. The van der Waals surface area contributed by atoms with Crippen LogP contribution in [0.15, 0.2) is 48.5 Å². The molecule has 0 saturated carbocycles. The molecular weight excluding hydrogens is 342 g/mol. The molecule has 27 heavy (non-hydrogen) atoms. The van der Waals surface area contributed by atoms with Crippen LogP contribution in [0.4, 0.5) is 4.79 Å². The third-order valence-corrected chi connectivity index (χ3v) is 5.84. The normalized spacial score (nSPS) is 19.4. The number of fused-ring (bicyclic) bond motifs is 3. The highest BCUT2D eigenvalue weighted by Crippen LogP contribution is 2.44. The van der Waals surface area contributed by atoms with E-state index in [-0.39, 0.29) is 18.6 Å². The molecule has 1 amide bonds. The Morgan fingerprint density at radius 1 is 1.11 bits per heavy atom. The Bertz CT molecular complexity index is 833. The maximum Gasteiger partial charge on any atom is 0.410 e. The van der Waals surface area contributed by atoms with Crippen LogP contribution in [0.3, 0.4) is 0 Å². The van der Waals surface area contributed by atoms with E-state index in [9.17, 15) is 14.7 Å². The Balaban J connectivity index is 1.50. The van der Waals surface area contributed by atoms with E-state index in [4.69, 9.17) is 4.74 Å². The van der Waals surface area contributed by atoms with Crippen LogP contribution in [-0.2, 0) is 9.53 Å². The Labute approximate surface area is 158 Å².